The number of piperidine rings is 1. The van der Waals surface area contributed by atoms with Crippen LogP contribution in [-0.2, 0) is 19.6 Å². The Kier molecular flexibility index (Phi) is 7.79. The topological polar surface area (TPSA) is 108 Å². The molecule has 2 atom stereocenters. The van der Waals surface area contributed by atoms with Gasteiger partial charge in [-0.2, -0.15) is 4.31 Å². The molecule has 0 bridgehead atoms. The molecule has 0 spiro atoms. The van der Waals surface area contributed by atoms with Crippen LogP contribution in [0.3, 0.4) is 0 Å². The first-order valence-electron chi connectivity index (χ1n) is 10.4. The molecule has 3 rings (SSSR count). The summed E-state index contributed by atoms with van der Waals surface area (Å²) in [4.78, 5) is 29.9. The molecule has 168 valence electrons. The van der Waals surface area contributed by atoms with Crippen LogP contribution >= 0.6 is 11.3 Å². The highest BCUT2D eigenvalue weighted by atomic mass is 32.2. The van der Waals surface area contributed by atoms with Gasteiger partial charge in [-0.3, -0.25) is 9.59 Å². The highest BCUT2D eigenvalue weighted by molar-refractivity contribution is 7.89. The number of carbonyl (C=O) groups is 2. The minimum absolute atomic E-state index is 0.0533. The molecule has 0 saturated carbocycles. The zero-order chi connectivity index (χ0) is 22.4. The SMILES string of the molecule is CCC(C)[C@H](NC(=O)C1CCN(S(=O)(=O)c2ccccc2)CC1)C(=O)Nc1nccs1. The second kappa shape index (κ2) is 10.3. The summed E-state index contributed by atoms with van der Waals surface area (Å²) in [7, 11) is -3.56. The zero-order valence-electron chi connectivity index (χ0n) is 17.7. The largest absolute Gasteiger partial charge is 0.344 e. The van der Waals surface area contributed by atoms with Crippen LogP contribution in [0.5, 0.6) is 0 Å². The van der Waals surface area contributed by atoms with E-state index in [0.29, 0.717) is 18.0 Å². The molecule has 1 aromatic heterocycles. The first kappa shape index (κ1) is 23.4. The first-order valence-corrected chi connectivity index (χ1v) is 12.7. The fraction of sp³-hybridized carbons (Fsp3) is 0.476. The third-order valence-corrected chi connectivity index (χ3v) is 8.26. The van der Waals surface area contributed by atoms with Crippen molar-refractivity contribution in [3.63, 3.8) is 0 Å². The van der Waals surface area contributed by atoms with E-state index in [-0.39, 0.29) is 41.6 Å². The van der Waals surface area contributed by atoms with Crippen LogP contribution in [0.2, 0.25) is 0 Å². The lowest BCUT2D eigenvalue weighted by molar-refractivity contribution is -0.131. The standard InChI is InChI=1S/C21H28N4O4S2/c1-3-15(2)18(20(27)24-21-22-11-14-30-21)23-19(26)16-9-12-25(13-10-16)31(28,29)17-7-5-4-6-8-17/h4-8,11,14-16,18H,3,9-10,12-13H2,1-2H3,(H,23,26)(H,22,24,27)/t15?,18-/m0/s1. The van der Waals surface area contributed by atoms with Gasteiger partial charge in [-0.25, -0.2) is 13.4 Å². The first-order chi connectivity index (χ1) is 14.8. The molecule has 2 aromatic rings. The van der Waals surface area contributed by atoms with Crippen LogP contribution in [0, 0.1) is 11.8 Å². The maximum absolute atomic E-state index is 12.9. The van der Waals surface area contributed by atoms with E-state index in [2.05, 4.69) is 15.6 Å². The number of amides is 2. The lowest BCUT2D eigenvalue weighted by Gasteiger charge is -2.32. The quantitative estimate of drug-likeness (QED) is 0.624. The molecule has 1 aromatic carbocycles. The number of nitrogens with one attached hydrogen (secondary N) is 2. The van der Waals surface area contributed by atoms with Crippen molar-refractivity contribution in [2.24, 2.45) is 11.8 Å². The molecule has 1 aliphatic rings. The van der Waals surface area contributed by atoms with Gasteiger partial charge in [-0.1, -0.05) is 38.5 Å². The number of thiazole rings is 1. The van der Waals surface area contributed by atoms with Crippen LogP contribution < -0.4 is 10.6 Å². The molecular weight excluding hydrogens is 436 g/mol. The highest BCUT2D eigenvalue weighted by Gasteiger charge is 2.34. The Morgan fingerprint density at radius 1 is 1.23 bits per heavy atom. The number of aromatic nitrogens is 1. The molecule has 1 saturated heterocycles. The summed E-state index contributed by atoms with van der Waals surface area (Å²) in [5.74, 6) is -0.887. The minimum atomic E-state index is -3.56. The normalized spacial score (nSPS) is 17.6. The van der Waals surface area contributed by atoms with Crippen molar-refractivity contribution in [1.29, 1.82) is 0 Å². The van der Waals surface area contributed by atoms with Crippen molar-refractivity contribution in [3.8, 4) is 0 Å². The van der Waals surface area contributed by atoms with E-state index in [4.69, 9.17) is 0 Å². The van der Waals surface area contributed by atoms with Crippen molar-refractivity contribution in [3.05, 3.63) is 41.9 Å². The highest BCUT2D eigenvalue weighted by Crippen LogP contribution is 2.24. The number of hydrogen-bond donors (Lipinski definition) is 2. The Morgan fingerprint density at radius 3 is 2.48 bits per heavy atom. The van der Waals surface area contributed by atoms with E-state index in [1.54, 1.807) is 41.9 Å². The van der Waals surface area contributed by atoms with Crippen LogP contribution in [0.15, 0.2) is 46.8 Å². The zero-order valence-corrected chi connectivity index (χ0v) is 19.3. The van der Waals surface area contributed by atoms with E-state index < -0.39 is 16.1 Å². The monoisotopic (exact) mass is 464 g/mol. The Hall–Kier alpha value is -2.30. The second-order valence-electron chi connectivity index (χ2n) is 7.69. The number of nitrogens with zero attached hydrogens (tertiary/aromatic N) is 2. The van der Waals surface area contributed by atoms with Crippen molar-refractivity contribution in [1.82, 2.24) is 14.6 Å². The maximum atomic E-state index is 12.9. The predicted molar refractivity (Wildman–Crippen MR) is 120 cm³/mol. The van der Waals surface area contributed by atoms with Gasteiger partial charge in [0.15, 0.2) is 5.13 Å². The van der Waals surface area contributed by atoms with E-state index in [0.717, 1.165) is 6.42 Å². The summed E-state index contributed by atoms with van der Waals surface area (Å²) < 4.78 is 27.0. The van der Waals surface area contributed by atoms with Gasteiger partial charge < -0.3 is 10.6 Å². The van der Waals surface area contributed by atoms with Gasteiger partial charge in [0.1, 0.15) is 6.04 Å². The number of carbonyl (C=O) groups excluding carboxylic acids is 2. The van der Waals surface area contributed by atoms with Gasteiger partial charge in [0, 0.05) is 30.6 Å². The van der Waals surface area contributed by atoms with E-state index in [1.807, 2.05) is 13.8 Å². The van der Waals surface area contributed by atoms with Gasteiger partial charge in [-0.15, -0.1) is 11.3 Å². The van der Waals surface area contributed by atoms with Crippen LogP contribution in [-0.4, -0.2) is 48.7 Å². The van der Waals surface area contributed by atoms with Crippen molar-refractivity contribution in [2.75, 3.05) is 18.4 Å². The summed E-state index contributed by atoms with van der Waals surface area (Å²) in [5.41, 5.74) is 0. The number of anilines is 1. The molecule has 2 amide bonds. The number of hydrogen-bond acceptors (Lipinski definition) is 6. The molecular formula is C21H28N4O4S2. The molecule has 1 unspecified atom stereocenters. The van der Waals surface area contributed by atoms with Crippen LogP contribution in [0.4, 0.5) is 5.13 Å². The second-order valence-corrected chi connectivity index (χ2v) is 10.5. The van der Waals surface area contributed by atoms with E-state index in [1.165, 1.54) is 15.6 Å². The Morgan fingerprint density at radius 2 is 1.90 bits per heavy atom. The Balaban J connectivity index is 1.60. The van der Waals surface area contributed by atoms with E-state index in [9.17, 15) is 18.0 Å². The number of benzene rings is 1. The van der Waals surface area contributed by atoms with Gasteiger partial charge in [0.25, 0.3) is 0 Å². The molecule has 10 heteroatoms. The minimum Gasteiger partial charge on any atom is -0.344 e. The lowest BCUT2D eigenvalue weighted by atomic mass is 9.94. The summed E-state index contributed by atoms with van der Waals surface area (Å²) in [6.45, 7) is 4.43. The fourth-order valence-electron chi connectivity index (χ4n) is 3.54. The van der Waals surface area contributed by atoms with Gasteiger partial charge in [-0.05, 0) is 30.9 Å². The Bertz CT molecular complexity index is 972. The fourth-order valence-corrected chi connectivity index (χ4v) is 5.56. The smallest absolute Gasteiger partial charge is 0.249 e. The summed E-state index contributed by atoms with van der Waals surface area (Å²) in [5, 5.41) is 7.91. The van der Waals surface area contributed by atoms with Crippen molar-refractivity contribution in [2.45, 2.75) is 44.0 Å². The molecule has 1 aliphatic heterocycles. The number of sulfonamides is 1. The van der Waals surface area contributed by atoms with Gasteiger partial charge in [0.2, 0.25) is 21.8 Å². The third-order valence-electron chi connectivity index (χ3n) is 5.66. The lowest BCUT2D eigenvalue weighted by Crippen LogP contribution is -2.51. The van der Waals surface area contributed by atoms with Crippen molar-refractivity contribution < 1.29 is 18.0 Å². The van der Waals surface area contributed by atoms with Gasteiger partial charge >= 0.3 is 0 Å². The molecule has 31 heavy (non-hydrogen) atoms. The third kappa shape index (κ3) is 5.69. The molecule has 0 aliphatic carbocycles. The van der Waals surface area contributed by atoms with Gasteiger partial charge in [0.05, 0.1) is 4.90 Å². The summed E-state index contributed by atoms with van der Waals surface area (Å²) >= 11 is 1.32. The predicted octanol–water partition coefficient (Wildman–Crippen LogP) is 2.71. The average Bonchev–Trinajstić information content (AvgIpc) is 3.30. The van der Waals surface area contributed by atoms with Crippen LogP contribution in [0.25, 0.3) is 0 Å². The molecule has 8 nitrogen and oxygen atoms in total. The Labute approximate surface area is 187 Å². The summed E-state index contributed by atoms with van der Waals surface area (Å²) in [6.07, 6.45) is 3.16. The maximum Gasteiger partial charge on any atom is 0.249 e. The molecule has 2 heterocycles. The molecule has 0 radical (unpaired) electrons. The molecule has 2 N–H and O–H groups in total. The average molecular weight is 465 g/mol. The van der Waals surface area contributed by atoms with E-state index >= 15 is 0 Å². The van der Waals surface area contributed by atoms with Crippen LogP contribution in [0.1, 0.15) is 33.1 Å². The summed E-state index contributed by atoms with van der Waals surface area (Å²) in [6, 6.07) is 7.64. The molecule has 1 fully saturated rings. The number of rotatable bonds is 8. The van der Waals surface area contributed by atoms with Crippen molar-refractivity contribution >= 4 is 38.3 Å².